The molecule has 0 radical (unpaired) electrons. The third-order valence-electron chi connectivity index (χ3n) is 4.02. The number of rotatable bonds is 4. The standard InChI is InChI=1S/C18H18F3N5/c1-10(2)13-14(22)12-6-4-8-24-16(12)26-17(13)25-9-11-5-3-7-23-15(11)18(19,20)21/h3-8,10H,9H2,1-2H3,(H3,22,24,25,26). The quantitative estimate of drug-likeness (QED) is 0.722. The van der Waals surface area contributed by atoms with Crippen LogP contribution in [0.4, 0.5) is 24.7 Å². The second-order valence-electron chi connectivity index (χ2n) is 6.18. The zero-order valence-electron chi connectivity index (χ0n) is 14.3. The van der Waals surface area contributed by atoms with E-state index in [1.807, 2.05) is 19.9 Å². The third-order valence-corrected chi connectivity index (χ3v) is 4.02. The SMILES string of the molecule is CC(C)c1c(NCc2cccnc2C(F)(F)F)nc2ncccc2c1N. The number of fused-ring (bicyclic) bond motifs is 1. The van der Waals surface area contributed by atoms with Gasteiger partial charge in [-0.15, -0.1) is 0 Å². The van der Waals surface area contributed by atoms with Crippen LogP contribution in [0.2, 0.25) is 0 Å². The molecule has 0 saturated carbocycles. The second-order valence-corrected chi connectivity index (χ2v) is 6.18. The molecule has 136 valence electrons. The molecule has 0 saturated heterocycles. The molecule has 0 atom stereocenters. The van der Waals surface area contributed by atoms with E-state index in [4.69, 9.17) is 5.73 Å². The largest absolute Gasteiger partial charge is 0.433 e. The van der Waals surface area contributed by atoms with E-state index in [1.54, 1.807) is 12.3 Å². The number of hydrogen-bond acceptors (Lipinski definition) is 5. The summed E-state index contributed by atoms with van der Waals surface area (Å²) in [5.41, 5.74) is 7.13. The Morgan fingerprint density at radius 1 is 1.12 bits per heavy atom. The minimum absolute atomic E-state index is 0.0330. The Labute approximate surface area is 148 Å². The molecule has 0 aliphatic carbocycles. The summed E-state index contributed by atoms with van der Waals surface area (Å²) in [6, 6.07) is 6.45. The van der Waals surface area contributed by atoms with Gasteiger partial charge in [-0.25, -0.2) is 9.97 Å². The van der Waals surface area contributed by atoms with Crippen molar-refractivity contribution in [3.8, 4) is 0 Å². The molecule has 0 bridgehead atoms. The van der Waals surface area contributed by atoms with Crippen molar-refractivity contribution in [2.75, 3.05) is 11.1 Å². The number of halogens is 3. The summed E-state index contributed by atoms with van der Waals surface area (Å²) in [6.45, 7) is 3.82. The number of anilines is 2. The number of hydrogen-bond donors (Lipinski definition) is 2. The van der Waals surface area contributed by atoms with Crippen molar-refractivity contribution in [3.63, 3.8) is 0 Å². The minimum Gasteiger partial charge on any atom is -0.398 e. The highest BCUT2D eigenvalue weighted by Gasteiger charge is 2.35. The summed E-state index contributed by atoms with van der Waals surface area (Å²) in [5, 5.41) is 3.71. The van der Waals surface area contributed by atoms with Gasteiger partial charge in [-0.3, -0.25) is 4.98 Å². The molecule has 3 rings (SSSR count). The fourth-order valence-electron chi connectivity index (χ4n) is 2.87. The monoisotopic (exact) mass is 361 g/mol. The van der Waals surface area contributed by atoms with Gasteiger partial charge in [0, 0.05) is 41.1 Å². The molecule has 3 heterocycles. The topological polar surface area (TPSA) is 76.7 Å². The van der Waals surface area contributed by atoms with Crippen LogP contribution in [0.5, 0.6) is 0 Å². The van der Waals surface area contributed by atoms with Crippen LogP contribution in [-0.4, -0.2) is 15.0 Å². The van der Waals surface area contributed by atoms with Gasteiger partial charge in [0.05, 0.1) is 0 Å². The number of alkyl halides is 3. The maximum Gasteiger partial charge on any atom is 0.433 e. The van der Waals surface area contributed by atoms with Crippen molar-refractivity contribution >= 4 is 22.5 Å². The maximum absolute atomic E-state index is 13.1. The Balaban J connectivity index is 2.01. The van der Waals surface area contributed by atoms with E-state index >= 15 is 0 Å². The van der Waals surface area contributed by atoms with Gasteiger partial charge in [0.15, 0.2) is 5.65 Å². The van der Waals surface area contributed by atoms with Crippen LogP contribution in [0.1, 0.15) is 36.6 Å². The number of pyridine rings is 3. The lowest BCUT2D eigenvalue weighted by atomic mass is 10.00. The first-order valence-electron chi connectivity index (χ1n) is 8.08. The first-order valence-corrected chi connectivity index (χ1v) is 8.08. The molecule has 0 aliphatic heterocycles. The van der Waals surface area contributed by atoms with Crippen LogP contribution >= 0.6 is 0 Å². The molecular weight excluding hydrogens is 343 g/mol. The summed E-state index contributed by atoms with van der Waals surface area (Å²) in [4.78, 5) is 12.1. The molecule has 8 heteroatoms. The lowest BCUT2D eigenvalue weighted by Crippen LogP contribution is -2.15. The molecule has 0 aromatic carbocycles. The first-order chi connectivity index (χ1) is 12.3. The fraction of sp³-hybridized carbons (Fsp3) is 0.278. The Bertz CT molecular complexity index is 938. The van der Waals surface area contributed by atoms with Gasteiger partial charge in [-0.2, -0.15) is 13.2 Å². The predicted molar refractivity (Wildman–Crippen MR) is 94.6 cm³/mol. The van der Waals surface area contributed by atoms with E-state index in [-0.39, 0.29) is 18.0 Å². The lowest BCUT2D eigenvalue weighted by molar-refractivity contribution is -0.141. The van der Waals surface area contributed by atoms with E-state index in [9.17, 15) is 13.2 Å². The minimum atomic E-state index is -4.52. The predicted octanol–water partition coefficient (Wildman–Crippen LogP) is 4.36. The summed E-state index contributed by atoms with van der Waals surface area (Å²) in [5.74, 6) is 0.464. The molecule has 0 aliphatic rings. The molecule has 3 aromatic rings. The molecule has 5 nitrogen and oxygen atoms in total. The zero-order chi connectivity index (χ0) is 18.9. The molecule has 0 unspecified atom stereocenters. The third kappa shape index (κ3) is 3.40. The van der Waals surface area contributed by atoms with Gasteiger partial charge in [0.25, 0.3) is 0 Å². The van der Waals surface area contributed by atoms with Crippen LogP contribution in [0.3, 0.4) is 0 Å². The van der Waals surface area contributed by atoms with E-state index < -0.39 is 11.9 Å². The van der Waals surface area contributed by atoms with Crippen LogP contribution in [-0.2, 0) is 12.7 Å². The summed E-state index contributed by atoms with van der Waals surface area (Å²) >= 11 is 0. The Hall–Kier alpha value is -2.90. The van der Waals surface area contributed by atoms with Crippen molar-refractivity contribution < 1.29 is 13.2 Å². The number of nitrogens with one attached hydrogen (secondary N) is 1. The average Bonchev–Trinajstić information content (AvgIpc) is 2.59. The molecule has 0 amide bonds. The van der Waals surface area contributed by atoms with Gasteiger partial charge in [-0.1, -0.05) is 19.9 Å². The van der Waals surface area contributed by atoms with Gasteiger partial charge < -0.3 is 11.1 Å². The molecule has 3 aromatic heterocycles. The van der Waals surface area contributed by atoms with E-state index in [1.165, 1.54) is 12.1 Å². The van der Waals surface area contributed by atoms with Crippen LogP contribution < -0.4 is 11.1 Å². The second kappa shape index (κ2) is 6.78. The van der Waals surface area contributed by atoms with Gasteiger partial charge in [0.2, 0.25) is 0 Å². The van der Waals surface area contributed by atoms with Crippen molar-refractivity contribution in [3.05, 3.63) is 53.5 Å². The van der Waals surface area contributed by atoms with Gasteiger partial charge in [-0.05, 0) is 24.1 Å². The molecule has 0 fully saturated rings. The van der Waals surface area contributed by atoms with Gasteiger partial charge in [0.1, 0.15) is 11.5 Å². The van der Waals surface area contributed by atoms with Gasteiger partial charge >= 0.3 is 6.18 Å². The molecule has 3 N–H and O–H groups in total. The maximum atomic E-state index is 13.1. The normalized spacial score (nSPS) is 11.9. The highest BCUT2D eigenvalue weighted by atomic mass is 19.4. The summed E-state index contributed by atoms with van der Waals surface area (Å²) < 4.78 is 39.4. The Morgan fingerprint density at radius 3 is 2.50 bits per heavy atom. The van der Waals surface area contributed by atoms with Crippen LogP contribution in [0, 0.1) is 0 Å². The molecule has 26 heavy (non-hydrogen) atoms. The van der Waals surface area contributed by atoms with E-state index in [0.717, 1.165) is 17.1 Å². The van der Waals surface area contributed by atoms with Crippen LogP contribution in [0.25, 0.3) is 11.0 Å². The smallest absolute Gasteiger partial charge is 0.398 e. The Kier molecular flexibility index (Phi) is 4.67. The van der Waals surface area contributed by atoms with E-state index in [0.29, 0.717) is 17.2 Å². The number of aromatic nitrogens is 3. The van der Waals surface area contributed by atoms with Crippen molar-refractivity contribution in [1.29, 1.82) is 0 Å². The highest BCUT2D eigenvalue weighted by Crippen LogP contribution is 2.34. The van der Waals surface area contributed by atoms with Crippen molar-refractivity contribution in [2.24, 2.45) is 0 Å². The molecular formula is C18H18F3N5. The summed E-state index contributed by atoms with van der Waals surface area (Å²) in [6.07, 6.45) is -1.80. The number of nitrogen functional groups attached to an aromatic ring is 1. The highest BCUT2D eigenvalue weighted by molar-refractivity contribution is 5.92. The zero-order valence-corrected chi connectivity index (χ0v) is 14.3. The fourth-order valence-corrected chi connectivity index (χ4v) is 2.87. The summed E-state index contributed by atoms with van der Waals surface area (Å²) in [7, 11) is 0. The van der Waals surface area contributed by atoms with Crippen LogP contribution in [0.15, 0.2) is 36.7 Å². The Morgan fingerprint density at radius 2 is 1.81 bits per heavy atom. The number of nitrogens with zero attached hydrogens (tertiary/aromatic N) is 3. The average molecular weight is 361 g/mol. The first kappa shape index (κ1) is 17.9. The lowest BCUT2D eigenvalue weighted by Gasteiger charge is -2.18. The molecule has 0 spiro atoms. The van der Waals surface area contributed by atoms with Crippen molar-refractivity contribution in [1.82, 2.24) is 15.0 Å². The van der Waals surface area contributed by atoms with E-state index in [2.05, 4.69) is 20.3 Å². The number of nitrogens with two attached hydrogens (primary N) is 1. The van der Waals surface area contributed by atoms with Crippen molar-refractivity contribution in [2.45, 2.75) is 32.5 Å².